The number of benzene rings is 1. The van der Waals surface area contributed by atoms with Crippen molar-refractivity contribution in [2.24, 2.45) is 0 Å². The Kier molecular flexibility index (Phi) is 7.29. The zero-order valence-corrected chi connectivity index (χ0v) is 20.2. The second-order valence-corrected chi connectivity index (χ2v) is 9.83. The van der Waals surface area contributed by atoms with Gasteiger partial charge in [0, 0.05) is 30.4 Å². The van der Waals surface area contributed by atoms with Gasteiger partial charge in [0.1, 0.15) is 18.1 Å². The summed E-state index contributed by atoms with van der Waals surface area (Å²) in [6, 6.07) is 6.16. The summed E-state index contributed by atoms with van der Waals surface area (Å²) in [4.78, 5) is 31.3. The lowest BCUT2D eigenvalue weighted by atomic mass is 9.96. The van der Waals surface area contributed by atoms with Crippen molar-refractivity contribution in [1.29, 1.82) is 0 Å². The van der Waals surface area contributed by atoms with E-state index in [0.717, 1.165) is 25.0 Å². The van der Waals surface area contributed by atoms with E-state index in [1.807, 2.05) is 5.32 Å². The monoisotopic (exact) mass is 526 g/mol. The molecule has 2 fully saturated rings. The first-order valence-corrected chi connectivity index (χ1v) is 11.9. The topological polar surface area (TPSA) is 83.6 Å². The average molecular weight is 527 g/mol. The normalized spacial score (nSPS) is 21.5. The molecule has 1 unspecified atom stereocenters. The minimum Gasteiger partial charge on any atom is -0.478 e. The fourth-order valence-electron chi connectivity index (χ4n) is 4.87. The lowest BCUT2D eigenvalue weighted by molar-refractivity contribution is -0.135. The third-order valence-electron chi connectivity index (χ3n) is 6.60. The Hall–Kier alpha value is -3.44. The van der Waals surface area contributed by atoms with E-state index in [2.05, 4.69) is 15.2 Å². The number of rotatable bonds is 7. The van der Waals surface area contributed by atoms with Crippen LogP contribution in [0, 0.1) is 11.6 Å². The Bertz CT molecular complexity index is 1140. The zero-order chi connectivity index (χ0) is 27.0. The number of fused-ring (bicyclic) bond motifs is 2. The minimum atomic E-state index is -4.50. The Morgan fingerprint density at radius 3 is 2.30 bits per heavy atom. The number of piperidine rings is 1. The van der Waals surface area contributed by atoms with Crippen molar-refractivity contribution in [1.82, 2.24) is 15.6 Å². The predicted octanol–water partition coefficient (Wildman–Crippen LogP) is 4.13. The molecule has 1 aromatic carbocycles. The Morgan fingerprint density at radius 1 is 1.05 bits per heavy atom. The van der Waals surface area contributed by atoms with Gasteiger partial charge >= 0.3 is 6.18 Å². The highest BCUT2D eigenvalue weighted by molar-refractivity contribution is 5.94. The van der Waals surface area contributed by atoms with Crippen LogP contribution in [0.2, 0.25) is 0 Å². The lowest BCUT2D eigenvalue weighted by Gasteiger charge is -2.40. The van der Waals surface area contributed by atoms with Crippen LogP contribution in [0.25, 0.3) is 0 Å². The van der Waals surface area contributed by atoms with E-state index in [-0.39, 0.29) is 35.3 Å². The molecule has 0 saturated carbocycles. The number of anilines is 1. The summed E-state index contributed by atoms with van der Waals surface area (Å²) in [5, 5.41) is 4.83. The SMILES string of the molecule is CC(C)(Oc1ccc(F)c(F)c1)C(=O)NC1C[C@H]2CC[C@@H](C1)N2c1ccc(C(=O)NCC(F)(F)F)cn1. The third kappa shape index (κ3) is 6.28. The van der Waals surface area contributed by atoms with Crippen LogP contribution in [0.1, 0.15) is 49.9 Å². The van der Waals surface area contributed by atoms with E-state index in [1.54, 1.807) is 19.9 Å². The first-order valence-electron chi connectivity index (χ1n) is 11.9. The van der Waals surface area contributed by atoms with Crippen molar-refractivity contribution in [3.63, 3.8) is 0 Å². The van der Waals surface area contributed by atoms with Crippen LogP contribution in [0.15, 0.2) is 36.5 Å². The number of hydrogen-bond donors (Lipinski definition) is 2. The number of pyridine rings is 1. The second kappa shape index (κ2) is 10.1. The third-order valence-corrected chi connectivity index (χ3v) is 6.60. The van der Waals surface area contributed by atoms with Gasteiger partial charge in [-0.3, -0.25) is 9.59 Å². The van der Waals surface area contributed by atoms with Crippen LogP contribution >= 0.6 is 0 Å². The number of alkyl halides is 3. The lowest BCUT2D eigenvalue weighted by Crippen LogP contribution is -2.55. The smallest absolute Gasteiger partial charge is 0.405 e. The highest BCUT2D eigenvalue weighted by Crippen LogP contribution is 2.38. The maximum atomic E-state index is 13.5. The molecule has 4 rings (SSSR count). The first kappa shape index (κ1) is 26.6. The largest absolute Gasteiger partial charge is 0.478 e. The van der Waals surface area contributed by atoms with E-state index in [0.29, 0.717) is 18.7 Å². The fraction of sp³-hybridized carbons (Fsp3) is 0.480. The molecule has 2 aromatic rings. The summed E-state index contributed by atoms with van der Waals surface area (Å²) in [5.74, 6) is -2.66. The van der Waals surface area contributed by atoms with Crippen LogP contribution in [-0.2, 0) is 4.79 Å². The Morgan fingerprint density at radius 2 is 1.73 bits per heavy atom. The molecule has 12 heteroatoms. The van der Waals surface area contributed by atoms with Gasteiger partial charge in [0.25, 0.3) is 11.8 Å². The molecule has 0 radical (unpaired) electrons. The summed E-state index contributed by atoms with van der Waals surface area (Å²) in [5.41, 5.74) is -1.30. The molecule has 7 nitrogen and oxygen atoms in total. The summed E-state index contributed by atoms with van der Waals surface area (Å²) in [7, 11) is 0. The summed E-state index contributed by atoms with van der Waals surface area (Å²) in [6.07, 6.45) is -0.213. The fourth-order valence-corrected chi connectivity index (χ4v) is 4.87. The number of nitrogens with zero attached hydrogens (tertiary/aromatic N) is 2. The highest BCUT2D eigenvalue weighted by atomic mass is 19.4. The van der Waals surface area contributed by atoms with Gasteiger partial charge in [0.15, 0.2) is 17.2 Å². The summed E-state index contributed by atoms with van der Waals surface area (Å²) >= 11 is 0. The second-order valence-electron chi connectivity index (χ2n) is 9.83. The van der Waals surface area contributed by atoms with Crippen molar-refractivity contribution < 1.29 is 36.3 Å². The molecular formula is C25H27F5N4O3. The van der Waals surface area contributed by atoms with Crippen molar-refractivity contribution in [2.75, 3.05) is 11.4 Å². The molecule has 2 bridgehead atoms. The molecule has 2 N–H and O–H groups in total. The maximum Gasteiger partial charge on any atom is 0.405 e. The number of halogens is 5. The summed E-state index contributed by atoms with van der Waals surface area (Å²) in [6.45, 7) is 1.67. The van der Waals surface area contributed by atoms with Gasteiger partial charge in [0.05, 0.1) is 5.56 Å². The average Bonchev–Trinajstić information content (AvgIpc) is 3.09. The molecule has 2 saturated heterocycles. The molecule has 200 valence electrons. The van der Waals surface area contributed by atoms with Crippen LogP contribution in [0.4, 0.5) is 27.8 Å². The maximum absolute atomic E-state index is 13.5. The van der Waals surface area contributed by atoms with E-state index in [1.165, 1.54) is 18.3 Å². The molecule has 1 aromatic heterocycles. The van der Waals surface area contributed by atoms with Crippen molar-refractivity contribution >= 4 is 17.6 Å². The van der Waals surface area contributed by atoms with E-state index in [4.69, 9.17) is 4.74 Å². The number of carbonyl (C=O) groups excluding carboxylic acids is 2. The molecule has 0 aliphatic carbocycles. The van der Waals surface area contributed by atoms with Gasteiger partial charge in [-0.2, -0.15) is 13.2 Å². The Labute approximate surface area is 210 Å². The quantitative estimate of drug-likeness (QED) is 0.531. The molecule has 37 heavy (non-hydrogen) atoms. The van der Waals surface area contributed by atoms with E-state index >= 15 is 0 Å². The van der Waals surface area contributed by atoms with Gasteiger partial charge in [-0.15, -0.1) is 0 Å². The van der Waals surface area contributed by atoms with Gasteiger partial charge in [-0.05, 0) is 63.8 Å². The molecule has 2 amide bonds. The van der Waals surface area contributed by atoms with Crippen LogP contribution in [0.5, 0.6) is 5.75 Å². The van der Waals surface area contributed by atoms with Crippen LogP contribution in [0.3, 0.4) is 0 Å². The number of ether oxygens (including phenoxy) is 1. The molecule has 2 aliphatic rings. The molecule has 2 aliphatic heterocycles. The molecule has 0 spiro atoms. The van der Waals surface area contributed by atoms with E-state index < -0.39 is 35.9 Å². The predicted molar refractivity (Wildman–Crippen MR) is 124 cm³/mol. The standard InChI is InChI=1S/C25H27F5N4O3/c1-24(2,37-18-6-7-19(26)20(27)11-18)23(36)33-15-9-16-4-5-17(10-15)34(16)21-8-3-14(12-31-21)22(35)32-13-25(28,29)30/h3,6-8,11-12,15-17H,4-5,9-10,13H2,1-2H3,(H,32,35)(H,33,36)/t15?,16-,17+. The van der Waals surface area contributed by atoms with Gasteiger partial charge in [-0.1, -0.05) is 0 Å². The minimum absolute atomic E-state index is 0.0331. The number of hydrogen-bond acceptors (Lipinski definition) is 5. The number of amides is 2. The Balaban J connectivity index is 1.35. The van der Waals surface area contributed by atoms with Gasteiger partial charge in [-0.25, -0.2) is 13.8 Å². The molecule has 3 atom stereocenters. The highest BCUT2D eigenvalue weighted by Gasteiger charge is 2.43. The van der Waals surface area contributed by atoms with Gasteiger partial charge in [0.2, 0.25) is 0 Å². The van der Waals surface area contributed by atoms with Crippen LogP contribution < -0.4 is 20.3 Å². The molecule has 3 heterocycles. The first-order chi connectivity index (χ1) is 17.3. The van der Waals surface area contributed by atoms with Gasteiger partial charge < -0.3 is 20.3 Å². The van der Waals surface area contributed by atoms with Crippen molar-refractivity contribution in [2.45, 2.75) is 69.4 Å². The number of carbonyl (C=O) groups is 2. The summed E-state index contributed by atoms with van der Waals surface area (Å²) < 4.78 is 69.3. The molecular weight excluding hydrogens is 499 g/mol. The number of nitrogens with one attached hydrogen (secondary N) is 2. The van der Waals surface area contributed by atoms with E-state index in [9.17, 15) is 31.5 Å². The number of aromatic nitrogens is 1. The zero-order valence-electron chi connectivity index (χ0n) is 20.2. The van der Waals surface area contributed by atoms with Crippen molar-refractivity contribution in [3.8, 4) is 5.75 Å². The van der Waals surface area contributed by atoms with Crippen molar-refractivity contribution in [3.05, 3.63) is 53.7 Å². The van der Waals surface area contributed by atoms with Crippen LogP contribution in [-0.4, -0.2) is 53.2 Å².